The van der Waals surface area contributed by atoms with Crippen molar-refractivity contribution >= 4 is 61.6 Å². The maximum absolute atomic E-state index is 13.9. The lowest BCUT2D eigenvalue weighted by Gasteiger charge is -2.33. The first-order valence-corrected chi connectivity index (χ1v) is 16.5. The van der Waals surface area contributed by atoms with Crippen molar-refractivity contribution in [3.05, 3.63) is 80.6 Å². The lowest BCUT2D eigenvalue weighted by Crippen LogP contribution is -2.39. The molecule has 1 unspecified atom stereocenters. The Morgan fingerprint density at radius 1 is 1.07 bits per heavy atom. The Morgan fingerprint density at radius 2 is 1.82 bits per heavy atom. The minimum atomic E-state index is -3.19. The monoisotopic (exact) mass is 594 g/mol. The number of benzene rings is 1. The summed E-state index contributed by atoms with van der Waals surface area (Å²) in [4.78, 5) is 36.1. The Bertz CT molecular complexity index is 1690. The average molecular weight is 595 g/mol. The number of pyridine rings is 1. The quantitative estimate of drug-likeness (QED) is 0.325. The van der Waals surface area contributed by atoms with Gasteiger partial charge in [-0.1, -0.05) is 60.4 Å². The van der Waals surface area contributed by atoms with E-state index in [-0.39, 0.29) is 23.0 Å². The molecule has 11 heteroatoms. The van der Waals surface area contributed by atoms with E-state index in [1.165, 1.54) is 14.9 Å². The summed E-state index contributed by atoms with van der Waals surface area (Å²) in [7, 11) is -3.19. The van der Waals surface area contributed by atoms with Crippen molar-refractivity contribution in [3.8, 4) is 0 Å². The number of anilines is 1. The number of fused-ring (bicyclic) bond motifs is 1. The fourth-order valence-corrected chi connectivity index (χ4v) is 8.90. The van der Waals surface area contributed by atoms with Gasteiger partial charge in [-0.05, 0) is 61.8 Å². The van der Waals surface area contributed by atoms with Gasteiger partial charge in [-0.3, -0.25) is 18.9 Å². The summed E-state index contributed by atoms with van der Waals surface area (Å²) in [5, 5.41) is 0. The van der Waals surface area contributed by atoms with E-state index in [4.69, 9.17) is 17.2 Å². The predicted molar refractivity (Wildman–Crippen MR) is 163 cm³/mol. The van der Waals surface area contributed by atoms with Crippen LogP contribution in [0.2, 0.25) is 0 Å². The van der Waals surface area contributed by atoms with Crippen molar-refractivity contribution in [2.75, 3.05) is 29.5 Å². The maximum atomic E-state index is 13.9. The van der Waals surface area contributed by atoms with E-state index in [2.05, 4.69) is 29.2 Å². The molecule has 1 amide bonds. The first kappa shape index (κ1) is 27.2. The fourth-order valence-electron chi connectivity index (χ4n) is 5.82. The van der Waals surface area contributed by atoms with E-state index in [1.54, 1.807) is 12.3 Å². The smallest absolute Gasteiger partial charge is 0.267 e. The first-order valence-electron chi connectivity index (χ1n) is 13.5. The van der Waals surface area contributed by atoms with Crippen LogP contribution in [0, 0.1) is 12.8 Å². The van der Waals surface area contributed by atoms with Crippen molar-refractivity contribution in [2.24, 2.45) is 5.92 Å². The molecular formula is C29H30N4O4S3. The number of sulfone groups is 1. The van der Waals surface area contributed by atoms with Crippen molar-refractivity contribution < 1.29 is 13.2 Å². The summed E-state index contributed by atoms with van der Waals surface area (Å²) in [6, 6.07) is 13.8. The topological polar surface area (TPSA) is 92.1 Å². The summed E-state index contributed by atoms with van der Waals surface area (Å²) in [6.07, 6.45) is 6.70. The lowest BCUT2D eigenvalue weighted by molar-refractivity contribution is -0.123. The van der Waals surface area contributed by atoms with E-state index in [0.717, 1.165) is 49.7 Å². The molecular weight excluding hydrogens is 565 g/mol. The molecule has 0 aliphatic carbocycles. The first-order chi connectivity index (χ1) is 19.2. The molecule has 208 valence electrons. The summed E-state index contributed by atoms with van der Waals surface area (Å²) in [6.45, 7) is 3.43. The Labute approximate surface area is 243 Å². The number of thiocarbonyl (C=S) groups is 1. The van der Waals surface area contributed by atoms with Gasteiger partial charge in [0.25, 0.3) is 11.5 Å². The number of piperidine rings is 1. The number of rotatable bonds is 5. The highest BCUT2D eigenvalue weighted by Crippen LogP contribution is 2.37. The van der Waals surface area contributed by atoms with Gasteiger partial charge >= 0.3 is 0 Å². The molecule has 0 saturated carbocycles. The molecule has 40 heavy (non-hydrogen) atoms. The number of carbonyl (C=O) groups is 1. The molecule has 6 rings (SSSR count). The Balaban J connectivity index is 1.33. The summed E-state index contributed by atoms with van der Waals surface area (Å²) in [5.41, 5.74) is 2.91. The summed E-state index contributed by atoms with van der Waals surface area (Å²) >= 11 is 6.61. The molecule has 0 N–H and O–H groups in total. The number of amides is 1. The Morgan fingerprint density at radius 3 is 2.52 bits per heavy atom. The summed E-state index contributed by atoms with van der Waals surface area (Å²) < 4.78 is 26.0. The van der Waals surface area contributed by atoms with E-state index < -0.39 is 15.9 Å². The Hall–Kier alpha value is -3.02. The normalized spacial score (nSPS) is 22.6. The molecule has 3 saturated heterocycles. The molecule has 0 bridgehead atoms. The van der Waals surface area contributed by atoms with Crippen LogP contribution in [0.5, 0.6) is 0 Å². The van der Waals surface area contributed by atoms with Crippen LogP contribution in [0.25, 0.3) is 11.7 Å². The minimum Gasteiger partial charge on any atom is -0.356 e. The molecule has 5 heterocycles. The number of aromatic nitrogens is 2. The second-order valence-electron chi connectivity index (χ2n) is 10.8. The molecule has 2 aromatic heterocycles. The van der Waals surface area contributed by atoms with Crippen LogP contribution in [0.3, 0.4) is 0 Å². The zero-order valence-corrected chi connectivity index (χ0v) is 24.6. The van der Waals surface area contributed by atoms with Crippen LogP contribution in [0.4, 0.5) is 5.82 Å². The van der Waals surface area contributed by atoms with Crippen molar-refractivity contribution in [1.29, 1.82) is 0 Å². The number of aryl methyl sites for hydroxylation is 1. The number of hydrogen-bond donors (Lipinski definition) is 0. The van der Waals surface area contributed by atoms with Crippen LogP contribution in [0.1, 0.15) is 36.0 Å². The van der Waals surface area contributed by atoms with Gasteiger partial charge in [0.15, 0.2) is 9.84 Å². The molecule has 1 atom stereocenters. The summed E-state index contributed by atoms with van der Waals surface area (Å²) in [5.74, 6) is 0.729. The van der Waals surface area contributed by atoms with E-state index in [1.807, 2.05) is 25.1 Å². The third kappa shape index (κ3) is 5.34. The SMILES string of the molecule is Cc1ccc2nc(N3CCC(Cc4ccccc4)CC3)c(C=C3SC(=S)N(C4CCS(=O)(=O)C4)C3=O)c(=O)n2c1. The van der Waals surface area contributed by atoms with Gasteiger partial charge in [0.2, 0.25) is 0 Å². The van der Waals surface area contributed by atoms with Crippen molar-refractivity contribution in [2.45, 2.75) is 38.6 Å². The second kappa shape index (κ2) is 10.8. The van der Waals surface area contributed by atoms with Crippen LogP contribution >= 0.6 is 24.0 Å². The second-order valence-corrected chi connectivity index (χ2v) is 14.7. The van der Waals surface area contributed by atoms with Crippen LogP contribution in [-0.2, 0) is 21.1 Å². The number of hydrogen-bond acceptors (Lipinski definition) is 8. The average Bonchev–Trinajstić information content (AvgIpc) is 3.43. The van der Waals surface area contributed by atoms with E-state index in [0.29, 0.717) is 38.6 Å². The molecule has 0 spiro atoms. The van der Waals surface area contributed by atoms with Crippen LogP contribution in [0.15, 0.2) is 58.4 Å². The van der Waals surface area contributed by atoms with Crippen LogP contribution < -0.4 is 10.5 Å². The molecule has 0 radical (unpaired) electrons. The standard InChI is InChI=1S/C29H30N4O4S3/c1-19-7-8-25-30-26(31-12-9-21(10-13-31)15-20-5-3-2-4-6-20)23(27(34)32(25)17-19)16-24-28(35)33(29(38)39-24)22-11-14-40(36,37)18-22/h2-8,16-17,21-22H,9-15,18H2,1H3. The van der Waals surface area contributed by atoms with E-state index in [9.17, 15) is 18.0 Å². The van der Waals surface area contributed by atoms with Gasteiger partial charge in [-0.15, -0.1) is 0 Å². The van der Waals surface area contributed by atoms with Crippen molar-refractivity contribution in [3.63, 3.8) is 0 Å². The van der Waals surface area contributed by atoms with Gasteiger partial charge in [0.1, 0.15) is 15.8 Å². The minimum absolute atomic E-state index is 0.0491. The van der Waals surface area contributed by atoms with Crippen LogP contribution in [-0.4, -0.2) is 63.6 Å². The zero-order valence-electron chi connectivity index (χ0n) is 22.2. The number of nitrogens with zero attached hydrogens (tertiary/aromatic N) is 4. The molecule has 1 aromatic carbocycles. The largest absolute Gasteiger partial charge is 0.356 e. The highest BCUT2D eigenvalue weighted by atomic mass is 32.2. The lowest BCUT2D eigenvalue weighted by atomic mass is 9.90. The third-order valence-corrected chi connectivity index (χ3v) is 11.0. The fraction of sp³-hybridized carbons (Fsp3) is 0.379. The highest BCUT2D eigenvalue weighted by molar-refractivity contribution is 8.26. The van der Waals surface area contributed by atoms with Crippen molar-refractivity contribution in [1.82, 2.24) is 14.3 Å². The van der Waals surface area contributed by atoms with Gasteiger partial charge < -0.3 is 4.90 Å². The maximum Gasteiger partial charge on any atom is 0.267 e. The molecule has 8 nitrogen and oxygen atoms in total. The number of carbonyl (C=O) groups excluding carboxylic acids is 1. The Kier molecular flexibility index (Phi) is 7.30. The van der Waals surface area contributed by atoms with Gasteiger partial charge in [0, 0.05) is 19.3 Å². The molecule has 3 fully saturated rings. The van der Waals surface area contributed by atoms with Gasteiger partial charge in [0.05, 0.1) is 28.0 Å². The van der Waals surface area contributed by atoms with E-state index >= 15 is 0 Å². The number of thioether (sulfide) groups is 1. The zero-order chi connectivity index (χ0) is 28.0. The predicted octanol–water partition coefficient (Wildman–Crippen LogP) is 3.85. The van der Waals surface area contributed by atoms with Gasteiger partial charge in [-0.2, -0.15) is 0 Å². The third-order valence-electron chi connectivity index (χ3n) is 7.94. The molecule has 3 aliphatic heterocycles. The molecule has 3 aliphatic rings. The van der Waals surface area contributed by atoms with Gasteiger partial charge in [-0.25, -0.2) is 13.4 Å². The molecule has 3 aromatic rings. The highest BCUT2D eigenvalue weighted by Gasteiger charge is 2.42.